The van der Waals surface area contributed by atoms with Gasteiger partial charge in [-0.05, 0) is 297 Å². The van der Waals surface area contributed by atoms with Crippen molar-refractivity contribution >= 4 is 0 Å². The molecule has 0 amide bonds. The molecule has 76 heavy (non-hydrogen) atoms. The maximum atomic E-state index is 5.11. The van der Waals surface area contributed by atoms with Gasteiger partial charge in [-0.25, -0.2) is 0 Å². The number of hydrogen-bond donors (Lipinski definition) is 0. The van der Waals surface area contributed by atoms with Crippen LogP contribution in [-0.4, -0.2) is 296 Å². The average Bonchev–Trinajstić information content (AvgIpc) is 3.93. The van der Waals surface area contributed by atoms with Gasteiger partial charge < -0.3 is 53.6 Å². The molecule has 0 saturated carbocycles. The normalized spacial score (nSPS) is 25.3. The van der Waals surface area contributed by atoms with E-state index in [1.54, 1.807) is 0 Å². The number of hydroxylamine groups is 2. The van der Waals surface area contributed by atoms with Crippen LogP contribution in [0.4, 0.5) is 0 Å². The molecular weight excluding hydrogens is 947 g/mol. The number of likely N-dealkylation sites (N-methyl/N-ethyl adjacent to an activating group) is 1. The smallest absolute Gasteiger partial charge is 0.0987 e. The van der Waals surface area contributed by atoms with Gasteiger partial charge in [-0.15, -0.1) is 0 Å². The molecule has 0 atom stereocenters. The molecule has 11 aliphatic heterocycles. The zero-order chi connectivity index (χ0) is 55.5. The molecule has 456 valence electrons. The van der Waals surface area contributed by atoms with E-state index in [0.717, 1.165) is 52.8 Å². The molecule has 11 fully saturated rings. The predicted molar refractivity (Wildman–Crippen MR) is 330 cm³/mol. The minimum atomic E-state index is 0.819. The van der Waals surface area contributed by atoms with Crippen molar-refractivity contribution in [3.8, 4) is 0 Å². The van der Waals surface area contributed by atoms with Crippen molar-refractivity contribution in [1.29, 1.82) is 0 Å². The summed E-state index contributed by atoms with van der Waals surface area (Å²) in [6.45, 7) is 30.1. The lowest BCUT2D eigenvalue weighted by atomic mass is 10.1. The van der Waals surface area contributed by atoms with Crippen molar-refractivity contribution in [2.24, 2.45) is 0 Å². The molecular formula is C62H135N11O3. The van der Waals surface area contributed by atoms with Crippen LogP contribution in [0.1, 0.15) is 167 Å². The first-order chi connectivity index (χ1) is 36.8. The maximum Gasteiger partial charge on any atom is 0.0987 e. The van der Waals surface area contributed by atoms with Crippen LogP contribution in [0.5, 0.6) is 0 Å². The van der Waals surface area contributed by atoms with Gasteiger partial charge in [-0.2, -0.15) is 5.06 Å². The second-order valence-corrected chi connectivity index (χ2v) is 24.3. The van der Waals surface area contributed by atoms with E-state index < -0.39 is 0 Å². The number of rotatable bonds is 0. The Morgan fingerprint density at radius 1 is 0.171 bits per heavy atom. The molecule has 0 aliphatic carbocycles. The Balaban J connectivity index is 0.000000418. The molecule has 14 heteroatoms. The van der Waals surface area contributed by atoms with E-state index in [2.05, 4.69) is 119 Å². The Morgan fingerprint density at radius 3 is 0.500 bits per heavy atom. The van der Waals surface area contributed by atoms with Crippen molar-refractivity contribution in [1.82, 2.24) is 54.1 Å². The van der Waals surface area contributed by atoms with E-state index >= 15 is 0 Å². The number of ether oxygens (including phenoxy) is 2. The van der Waals surface area contributed by atoms with Crippen molar-refractivity contribution in [2.45, 2.75) is 167 Å². The lowest BCUT2D eigenvalue weighted by molar-refractivity contribution is -0.161. The average molecular weight is 1080 g/mol. The van der Waals surface area contributed by atoms with Gasteiger partial charge in [0.25, 0.3) is 0 Å². The molecule has 11 rings (SSSR count). The van der Waals surface area contributed by atoms with Crippen molar-refractivity contribution in [3.63, 3.8) is 0 Å². The second kappa shape index (κ2) is 53.7. The summed E-state index contributed by atoms with van der Waals surface area (Å²) in [6, 6.07) is 0. The van der Waals surface area contributed by atoms with Crippen LogP contribution < -0.4 is 0 Å². The molecule has 0 spiro atoms. The molecule has 0 N–H and O–H groups in total. The zero-order valence-corrected chi connectivity index (χ0v) is 53.2. The maximum absolute atomic E-state index is 5.11. The van der Waals surface area contributed by atoms with E-state index in [1.165, 1.54) is 278 Å². The van der Waals surface area contributed by atoms with Gasteiger partial charge >= 0.3 is 0 Å². The first kappa shape index (κ1) is 73.5. The molecule has 0 aromatic heterocycles. The number of morpholine rings is 1. The molecule has 0 radical (unpaired) electrons. The minimum Gasteiger partial charge on any atom is -0.379 e. The Kier molecular flexibility index (Phi) is 51.9. The lowest BCUT2D eigenvalue weighted by Gasteiger charge is -2.21. The number of hydrogen-bond acceptors (Lipinski definition) is 14. The van der Waals surface area contributed by atoms with Crippen LogP contribution in [0.3, 0.4) is 0 Å². The van der Waals surface area contributed by atoms with Crippen molar-refractivity contribution in [2.75, 3.05) is 242 Å². The fourth-order valence-corrected chi connectivity index (χ4v) is 10.3. The molecule has 11 saturated heterocycles. The highest BCUT2D eigenvalue weighted by Gasteiger charge is 2.09. The Labute approximate surface area is 475 Å². The van der Waals surface area contributed by atoms with Gasteiger partial charge in [0, 0.05) is 39.8 Å². The van der Waals surface area contributed by atoms with Gasteiger partial charge in [0.2, 0.25) is 0 Å². The largest absolute Gasteiger partial charge is 0.379 e. The summed E-state index contributed by atoms with van der Waals surface area (Å²) in [5, 5.41) is 1.89. The Morgan fingerprint density at radius 2 is 0.395 bits per heavy atom. The van der Waals surface area contributed by atoms with Crippen molar-refractivity contribution < 1.29 is 14.3 Å². The van der Waals surface area contributed by atoms with Gasteiger partial charge in [0.15, 0.2) is 0 Å². The quantitative estimate of drug-likeness (QED) is 0.232. The van der Waals surface area contributed by atoms with Crippen LogP contribution in [0.25, 0.3) is 0 Å². The van der Waals surface area contributed by atoms with Gasteiger partial charge in [-0.1, -0.05) is 44.9 Å². The van der Waals surface area contributed by atoms with Gasteiger partial charge in [-0.3, -0.25) is 9.74 Å². The van der Waals surface area contributed by atoms with Gasteiger partial charge in [0.1, 0.15) is 0 Å². The fraction of sp³-hybridized carbons (Fsp3) is 1.00. The molecule has 0 aromatic rings. The van der Waals surface area contributed by atoms with Crippen LogP contribution >= 0.6 is 0 Å². The van der Waals surface area contributed by atoms with Gasteiger partial charge in [0.05, 0.1) is 26.6 Å². The highest BCUT2D eigenvalue weighted by molar-refractivity contribution is 4.63. The van der Waals surface area contributed by atoms with E-state index in [-0.39, 0.29) is 0 Å². The van der Waals surface area contributed by atoms with Crippen LogP contribution in [0.15, 0.2) is 0 Å². The fourth-order valence-electron chi connectivity index (χ4n) is 10.3. The lowest BCUT2D eigenvalue weighted by Crippen LogP contribution is -2.32. The summed E-state index contributed by atoms with van der Waals surface area (Å²) in [7, 11) is 23.7. The third kappa shape index (κ3) is 51.6. The van der Waals surface area contributed by atoms with E-state index in [0.29, 0.717) is 0 Å². The summed E-state index contributed by atoms with van der Waals surface area (Å²) in [5.41, 5.74) is 0. The molecule has 11 heterocycles. The highest BCUT2D eigenvalue weighted by Crippen LogP contribution is 2.09. The topological polar surface area (TPSA) is 63.3 Å². The van der Waals surface area contributed by atoms with Crippen molar-refractivity contribution in [3.05, 3.63) is 0 Å². The zero-order valence-electron chi connectivity index (χ0n) is 53.2. The molecule has 0 unspecified atom stereocenters. The van der Waals surface area contributed by atoms with E-state index in [4.69, 9.17) is 14.3 Å². The first-order valence-corrected chi connectivity index (χ1v) is 32.2. The Bertz CT molecular complexity index is 852. The summed E-state index contributed by atoms with van der Waals surface area (Å²) >= 11 is 0. The molecule has 14 nitrogen and oxygen atoms in total. The summed E-state index contributed by atoms with van der Waals surface area (Å²) in [4.78, 5) is 28.7. The molecule has 0 bridgehead atoms. The standard InChI is InChI=1S/7C6H13N.3C5H11NO.C5H11N/c7*1-7-5-3-2-4-6-7;1-6-2-4-7-5-3-6;1-6-3-2-4-7-5-6;1-6-4-2-3-5-7-6;1-6-4-2-3-5-6/h7*2-6H2,1H3;3*2-5H2,1H3;2-5H2,1H3. The van der Waals surface area contributed by atoms with Crippen LogP contribution in [0.2, 0.25) is 0 Å². The molecule has 0 aromatic carbocycles. The number of nitrogens with zero attached hydrogens (tertiary/aromatic N) is 11. The van der Waals surface area contributed by atoms with E-state index in [1.807, 2.05) is 12.1 Å². The van der Waals surface area contributed by atoms with E-state index in [9.17, 15) is 0 Å². The number of piperidine rings is 7. The van der Waals surface area contributed by atoms with Crippen LogP contribution in [-0.2, 0) is 14.3 Å². The third-order valence-electron chi connectivity index (χ3n) is 15.9. The summed E-state index contributed by atoms with van der Waals surface area (Å²) in [5.74, 6) is 0. The summed E-state index contributed by atoms with van der Waals surface area (Å²) < 4.78 is 10.2. The molecule has 11 aliphatic rings. The highest BCUT2D eigenvalue weighted by atomic mass is 16.7. The summed E-state index contributed by atoms with van der Waals surface area (Å²) in [6.07, 6.45) is 36.5. The monoisotopic (exact) mass is 1080 g/mol. The minimum absolute atomic E-state index is 0.819. The predicted octanol–water partition coefficient (Wildman–Crippen LogP) is 9.31. The number of likely N-dealkylation sites (tertiary alicyclic amines) is 8. The third-order valence-corrected chi connectivity index (χ3v) is 15.9. The Hall–Kier alpha value is -0.560. The van der Waals surface area contributed by atoms with Crippen LogP contribution in [0, 0.1) is 0 Å². The first-order valence-electron chi connectivity index (χ1n) is 32.2. The second-order valence-electron chi connectivity index (χ2n) is 24.3. The SMILES string of the molecule is CN1CCCC1.CN1CCCCC1.CN1CCCCC1.CN1CCCCC1.CN1CCCCC1.CN1CCCCC1.CN1CCCCC1.CN1CCCCC1.CN1CCCCO1.CN1CCCOC1.CN1CCOCC1.